The molecule has 0 spiro atoms. The first-order valence-corrected chi connectivity index (χ1v) is 7.28. The molecule has 2 aromatic rings. The van der Waals surface area contributed by atoms with Gasteiger partial charge in [0.25, 0.3) is 0 Å². The van der Waals surface area contributed by atoms with E-state index in [1.54, 1.807) is 6.20 Å². The lowest BCUT2D eigenvalue weighted by Crippen LogP contribution is -2.40. The zero-order valence-corrected chi connectivity index (χ0v) is 13.0. The van der Waals surface area contributed by atoms with Crippen LogP contribution in [0.15, 0.2) is 34.9 Å². The summed E-state index contributed by atoms with van der Waals surface area (Å²) in [4.78, 5) is 15.6. The highest BCUT2D eigenvalue weighted by atomic mass is 79.9. The summed E-state index contributed by atoms with van der Waals surface area (Å²) in [6, 6.07) is 7.25. The van der Waals surface area contributed by atoms with E-state index >= 15 is 0 Å². The van der Waals surface area contributed by atoms with Crippen LogP contribution in [0.25, 0.3) is 10.9 Å². The maximum Gasteiger partial charge on any atom is 0.320 e. The number of aromatic nitrogens is 1. The molecule has 1 aromatic carbocycles. The molecule has 1 unspecified atom stereocenters. The average molecular weight is 337 g/mol. The Morgan fingerprint density at radius 1 is 1.40 bits per heavy atom. The number of pyridine rings is 1. The van der Waals surface area contributed by atoms with E-state index in [0.717, 1.165) is 20.9 Å². The Kier molecular flexibility index (Phi) is 4.73. The van der Waals surface area contributed by atoms with Crippen LogP contribution in [0.2, 0.25) is 0 Å². The number of carboxylic acids is 1. The highest BCUT2D eigenvalue weighted by Gasteiger charge is 2.20. The van der Waals surface area contributed by atoms with Gasteiger partial charge in [-0.05, 0) is 23.6 Å². The second kappa shape index (κ2) is 6.33. The predicted octanol–water partition coefficient (Wildman–Crippen LogP) is 3.20. The van der Waals surface area contributed by atoms with E-state index in [1.165, 1.54) is 0 Å². The molecular formula is C15H17BrN2O2. The molecule has 0 aliphatic carbocycles. The van der Waals surface area contributed by atoms with Gasteiger partial charge in [0.15, 0.2) is 0 Å². The van der Waals surface area contributed by atoms with Crippen LogP contribution in [0, 0.1) is 5.92 Å². The molecule has 4 nitrogen and oxygen atoms in total. The van der Waals surface area contributed by atoms with Crippen molar-refractivity contribution in [2.75, 3.05) is 0 Å². The normalized spacial score (nSPS) is 12.8. The van der Waals surface area contributed by atoms with Crippen LogP contribution in [0.5, 0.6) is 0 Å². The lowest BCUT2D eigenvalue weighted by molar-refractivity contribution is -0.140. The lowest BCUT2D eigenvalue weighted by atomic mass is 10.0. The summed E-state index contributed by atoms with van der Waals surface area (Å²) in [6.45, 7) is 4.27. The molecule has 2 N–H and O–H groups in total. The molecule has 0 saturated carbocycles. The summed E-state index contributed by atoms with van der Waals surface area (Å²) in [5, 5.41) is 13.3. The van der Waals surface area contributed by atoms with Gasteiger partial charge in [0, 0.05) is 22.6 Å². The number of carboxylic acid groups (broad SMARTS) is 1. The number of halogens is 1. The zero-order valence-electron chi connectivity index (χ0n) is 11.4. The summed E-state index contributed by atoms with van der Waals surface area (Å²) in [6.07, 6.45) is 1.75. The van der Waals surface area contributed by atoms with Gasteiger partial charge < -0.3 is 10.4 Å². The van der Waals surface area contributed by atoms with Crippen molar-refractivity contribution in [3.05, 3.63) is 40.5 Å². The number of aliphatic carboxylic acids is 1. The number of fused-ring (bicyclic) bond motifs is 1. The molecule has 0 bridgehead atoms. The smallest absolute Gasteiger partial charge is 0.320 e. The van der Waals surface area contributed by atoms with Gasteiger partial charge in [-0.2, -0.15) is 0 Å². The fourth-order valence-corrected chi connectivity index (χ4v) is 2.62. The van der Waals surface area contributed by atoms with E-state index in [9.17, 15) is 9.90 Å². The third-order valence-corrected chi connectivity index (χ3v) is 3.94. The number of carbonyl (C=O) groups is 1. The molecule has 1 heterocycles. The minimum Gasteiger partial charge on any atom is -0.480 e. The Hall–Kier alpha value is -1.46. The van der Waals surface area contributed by atoms with Crippen molar-refractivity contribution in [3.8, 4) is 0 Å². The van der Waals surface area contributed by atoms with Crippen LogP contribution in [0.4, 0.5) is 0 Å². The molecule has 2 rings (SSSR count). The summed E-state index contributed by atoms with van der Waals surface area (Å²) in [7, 11) is 0. The number of hydrogen-bond acceptors (Lipinski definition) is 3. The number of hydrogen-bond donors (Lipinski definition) is 2. The SMILES string of the molecule is CC(C)C(NCc1ccc(Br)c2cccnc12)C(=O)O. The van der Waals surface area contributed by atoms with Crippen molar-refractivity contribution in [2.24, 2.45) is 5.92 Å². The van der Waals surface area contributed by atoms with E-state index < -0.39 is 12.0 Å². The summed E-state index contributed by atoms with van der Waals surface area (Å²) < 4.78 is 0.989. The zero-order chi connectivity index (χ0) is 14.7. The molecule has 0 amide bonds. The molecule has 106 valence electrons. The highest BCUT2D eigenvalue weighted by molar-refractivity contribution is 9.10. The molecule has 0 radical (unpaired) electrons. The lowest BCUT2D eigenvalue weighted by Gasteiger charge is -2.18. The maximum atomic E-state index is 11.2. The Morgan fingerprint density at radius 2 is 2.15 bits per heavy atom. The van der Waals surface area contributed by atoms with E-state index in [2.05, 4.69) is 26.2 Å². The van der Waals surface area contributed by atoms with E-state index in [1.807, 2.05) is 38.1 Å². The van der Waals surface area contributed by atoms with Crippen LogP contribution in [-0.4, -0.2) is 22.1 Å². The van der Waals surface area contributed by atoms with Crippen LogP contribution in [0.1, 0.15) is 19.4 Å². The Labute approximate surface area is 126 Å². The van der Waals surface area contributed by atoms with Gasteiger partial charge in [-0.25, -0.2) is 0 Å². The van der Waals surface area contributed by atoms with Gasteiger partial charge in [0.05, 0.1) is 5.52 Å². The average Bonchev–Trinajstić information content (AvgIpc) is 2.41. The molecule has 1 atom stereocenters. The molecule has 0 aliphatic rings. The number of nitrogens with zero attached hydrogens (tertiary/aromatic N) is 1. The molecule has 1 aromatic heterocycles. The van der Waals surface area contributed by atoms with Crippen molar-refractivity contribution in [2.45, 2.75) is 26.4 Å². The van der Waals surface area contributed by atoms with Crippen molar-refractivity contribution in [1.29, 1.82) is 0 Å². The van der Waals surface area contributed by atoms with E-state index in [-0.39, 0.29) is 5.92 Å². The molecule has 0 aliphatic heterocycles. The second-order valence-corrected chi connectivity index (χ2v) is 5.90. The third-order valence-electron chi connectivity index (χ3n) is 3.25. The van der Waals surface area contributed by atoms with Crippen molar-refractivity contribution in [1.82, 2.24) is 10.3 Å². The van der Waals surface area contributed by atoms with Crippen LogP contribution in [0.3, 0.4) is 0 Å². The Morgan fingerprint density at radius 3 is 2.80 bits per heavy atom. The fourth-order valence-electron chi connectivity index (χ4n) is 2.17. The first-order valence-electron chi connectivity index (χ1n) is 6.49. The largest absolute Gasteiger partial charge is 0.480 e. The molecule has 20 heavy (non-hydrogen) atoms. The minimum absolute atomic E-state index is 0.0298. The first kappa shape index (κ1) is 14.9. The predicted molar refractivity (Wildman–Crippen MR) is 82.5 cm³/mol. The molecule has 0 saturated heterocycles. The number of rotatable bonds is 5. The molecule has 0 fully saturated rings. The van der Waals surface area contributed by atoms with E-state index in [0.29, 0.717) is 6.54 Å². The minimum atomic E-state index is -0.825. The van der Waals surface area contributed by atoms with Gasteiger partial charge in [-0.1, -0.05) is 41.9 Å². The van der Waals surface area contributed by atoms with Gasteiger partial charge in [0.2, 0.25) is 0 Å². The Bertz CT molecular complexity index is 628. The quantitative estimate of drug-likeness (QED) is 0.880. The Balaban J connectivity index is 2.26. The molecule has 5 heteroatoms. The van der Waals surface area contributed by atoms with Crippen LogP contribution in [-0.2, 0) is 11.3 Å². The summed E-state index contributed by atoms with van der Waals surface area (Å²) in [5.41, 5.74) is 1.89. The van der Waals surface area contributed by atoms with Crippen molar-refractivity contribution in [3.63, 3.8) is 0 Å². The standard InChI is InChI=1S/C15H17BrN2O2/c1-9(2)13(15(19)20)18-8-10-5-6-12(16)11-4-3-7-17-14(10)11/h3-7,9,13,18H,8H2,1-2H3,(H,19,20). The van der Waals surface area contributed by atoms with Crippen molar-refractivity contribution >= 4 is 32.8 Å². The van der Waals surface area contributed by atoms with Crippen LogP contribution >= 0.6 is 15.9 Å². The fraction of sp³-hybridized carbons (Fsp3) is 0.333. The molecular weight excluding hydrogens is 320 g/mol. The highest BCUT2D eigenvalue weighted by Crippen LogP contribution is 2.25. The topological polar surface area (TPSA) is 62.2 Å². The monoisotopic (exact) mass is 336 g/mol. The van der Waals surface area contributed by atoms with Gasteiger partial charge in [-0.15, -0.1) is 0 Å². The number of nitrogens with one attached hydrogen (secondary N) is 1. The summed E-state index contributed by atoms with van der Waals surface area (Å²) >= 11 is 3.50. The van der Waals surface area contributed by atoms with Crippen LogP contribution < -0.4 is 5.32 Å². The number of benzene rings is 1. The maximum absolute atomic E-state index is 11.2. The van der Waals surface area contributed by atoms with Gasteiger partial charge in [-0.3, -0.25) is 9.78 Å². The van der Waals surface area contributed by atoms with E-state index in [4.69, 9.17) is 0 Å². The second-order valence-electron chi connectivity index (χ2n) is 5.05. The van der Waals surface area contributed by atoms with Gasteiger partial charge in [0.1, 0.15) is 6.04 Å². The van der Waals surface area contributed by atoms with Gasteiger partial charge >= 0.3 is 5.97 Å². The summed E-state index contributed by atoms with van der Waals surface area (Å²) in [5.74, 6) is -0.795. The van der Waals surface area contributed by atoms with Crippen molar-refractivity contribution < 1.29 is 9.90 Å². The first-order chi connectivity index (χ1) is 9.50. The third kappa shape index (κ3) is 3.16.